The third-order valence-corrected chi connectivity index (χ3v) is 9.61. The fourth-order valence-electron chi connectivity index (χ4n) is 6.67. The molecule has 0 radical (unpaired) electrons. The second-order valence-electron chi connectivity index (χ2n) is 13.9. The number of rotatable bonds is 17. The molecule has 0 saturated carbocycles. The first-order chi connectivity index (χ1) is 26.4. The van der Waals surface area contributed by atoms with Gasteiger partial charge in [0.05, 0.1) is 30.2 Å². The summed E-state index contributed by atoms with van der Waals surface area (Å²) in [6.07, 6.45) is 1.67. The Morgan fingerprint density at radius 3 is 1.87 bits per heavy atom. The van der Waals surface area contributed by atoms with Gasteiger partial charge in [-0.15, -0.1) is 0 Å². The number of aliphatic hydroxyl groups excluding tert-OH is 1. The zero-order chi connectivity index (χ0) is 37.5. The maximum atomic E-state index is 12.6. The summed E-state index contributed by atoms with van der Waals surface area (Å²) < 4.78 is 13.3. The van der Waals surface area contributed by atoms with Gasteiger partial charge < -0.3 is 30.9 Å². The van der Waals surface area contributed by atoms with Crippen molar-refractivity contribution in [1.82, 2.24) is 10.2 Å². The standard InChI is InChI=1S/C45H50N4O5/c46-40-15-7-8-16-41(40)48-44(52)18-10-9-17-43(51)47-28-33-19-25-38(26-20-33)45-53-39(27-42(54-45)37-23-21-36(32-50)22-24-37)31-49(29-34-11-3-1-4-12-34)30-35-13-5-2-6-14-35/h1-8,11-16,19-26,39,42,45,50H,9-10,17-18,27-32,46H2,(H,47,51)(H,48,52). The lowest BCUT2D eigenvalue weighted by Crippen LogP contribution is -2.39. The Balaban J connectivity index is 1.06. The number of para-hydroxylation sites is 2. The Bertz CT molecular complexity index is 1860. The van der Waals surface area contributed by atoms with Crippen molar-refractivity contribution in [3.63, 3.8) is 0 Å². The van der Waals surface area contributed by atoms with E-state index in [0.717, 1.165) is 35.3 Å². The van der Waals surface area contributed by atoms with E-state index < -0.39 is 6.29 Å². The second kappa shape index (κ2) is 19.7. The molecule has 1 saturated heterocycles. The molecule has 9 nitrogen and oxygen atoms in total. The summed E-state index contributed by atoms with van der Waals surface area (Å²) in [5, 5.41) is 15.4. The van der Waals surface area contributed by atoms with E-state index in [1.54, 1.807) is 12.1 Å². The highest BCUT2D eigenvalue weighted by atomic mass is 16.7. The number of ether oxygens (including phenoxy) is 2. The molecule has 280 valence electrons. The zero-order valence-electron chi connectivity index (χ0n) is 30.6. The Kier molecular flexibility index (Phi) is 14.0. The summed E-state index contributed by atoms with van der Waals surface area (Å²) in [4.78, 5) is 27.3. The summed E-state index contributed by atoms with van der Waals surface area (Å²) >= 11 is 0. The van der Waals surface area contributed by atoms with E-state index in [1.807, 2.05) is 72.8 Å². The molecule has 1 aliphatic rings. The Hall–Kier alpha value is -5.32. The summed E-state index contributed by atoms with van der Waals surface area (Å²) in [6.45, 7) is 2.68. The topological polar surface area (TPSA) is 126 Å². The van der Waals surface area contributed by atoms with Gasteiger partial charge in [0, 0.05) is 51.0 Å². The molecule has 3 atom stereocenters. The quantitative estimate of drug-likeness (QED) is 0.0569. The first-order valence-electron chi connectivity index (χ1n) is 18.7. The van der Waals surface area contributed by atoms with Crippen LogP contribution in [0.25, 0.3) is 0 Å². The lowest BCUT2D eigenvalue weighted by atomic mass is 9.99. The summed E-state index contributed by atoms with van der Waals surface area (Å²) in [7, 11) is 0. The summed E-state index contributed by atoms with van der Waals surface area (Å²) in [5.74, 6) is -0.174. The van der Waals surface area contributed by atoms with Gasteiger partial charge in [-0.3, -0.25) is 14.5 Å². The number of nitrogen functional groups attached to an aromatic ring is 1. The van der Waals surface area contributed by atoms with Crippen LogP contribution in [0.4, 0.5) is 11.4 Å². The van der Waals surface area contributed by atoms with Crippen LogP contribution in [0, 0.1) is 0 Å². The van der Waals surface area contributed by atoms with Crippen molar-refractivity contribution in [2.24, 2.45) is 0 Å². The normalized spacial score (nSPS) is 16.9. The van der Waals surface area contributed by atoms with Crippen molar-refractivity contribution in [2.75, 3.05) is 17.6 Å². The molecule has 5 N–H and O–H groups in total. The SMILES string of the molecule is Nc1ccccc1NC(=O)CCCCC(=O)NCc1ccc(C2OC(CN(Cc3ccccc3)Cc3ccccc3)CC(c3ccc(CO)cc3)O2)cc1. The number of amides is 2. The van der Waals surface area contributed by atoms with Crippen LogP contribution in [-0.4, -0.2) is 34.5 Å². The van der Waals surface area contributed by atoms with Crippen molar-refractivity contribution in [3.05, 3.63) is 167 Å². The predicted octanol–water partition coefficient (Wildman–Crippen LogP) is 7.82. The number of nitrogens with one attached hydrogen (secondary N) is 2. The van der Waals surface area contributed by atoms with Gasteiger partial charge in [-0.05, 0) is 52.8 Å². The van der Waals surface area contributed by atoms with Gasteiger partial charge in [-0.2, -0.15) is 0 Å². The third-order valence-electron chi connectivity index (χ3n) is 9.61. The van der Waals surface area contributed by atoms with Crippen LogP contribution in [0.15, 0.2) is 133 Å². The molecule has 0 bridgehead atoms. The Labute approximate surface area is 318 Å². The molecule has 0 spiro atoms. The van der Waals surface area contributed by atoms with Crippen LogP contribution in [0.5, 0.6) is 0 Å². The minimum absolute atomic E-state index is 0.00886. The molecule has 1 aliphatic heterocycles. The van der Waals surface area contributed by atoms with Crippen LogP contribution >= 0.6 is 0 Å². The predicted molar refractivity (Wildman–Crippen MR) is 212 cm³/mol. The second-order valence-corrected chi connectivity index (χ2v) is 13.9. The smallest absolute Gasteiger partial charge is 0.224 e. The van der Waals surface area contributed by atoms with Crippen LogP contribution < -0.4 is 16.4 Å². The maximum Gasteiger partial charge on any atom is 0.224 e. The number of unbranched alkanes of at least 4 members (excludes halogenated alkanes) is 1. The molecule has 2 amide bonds. The van der Waals surface area contributed by atoms with Crippen LogP contribution in [0.3, 0.4) is 0 Å². The highest BCUT2D eigenvalue weighted by Gasteiger charge is 2.33. The fourth-order valence-corrected chi connectivity index (χ4v) is 6.67. The van der Waals surface area contributed by atoms with Gasteiger partial charge in [0.15, 0.2) is 6.29 Å². The van der Waals surface area contributed by atoms with E-state index in [-0.39, 0.29) is 30.6 Å². The van der Waals surface area contributed by atoms with Gasteiger partial charge in [0.1, 0.15) is 0 Å². The number of benzene rings is 5. The van der Waals surface area contributed by atoms with E-state index in [1.165, 1.54) is 11.1 Å². The van der Waals surface area contributed by atoms with E-state index in [4.69, 9.17) is 15.2 Å². The van der Waals surface area contributed by atoms with E-state index in [0.29, 0.717) is 56.6 Å². The first kappa shape index (κ1) is 38.4. The molecule has 3 unspecified atom stereocenters. The van der Waals surface area contributed by atoms with Gasteiger partial charge >= 0.3 is 0 Å². The van der Waals surface area contributed by atoms with Gasteiger partial charge in [-0.1, -0.05) is 121 Å². The minimum atomic E-state index is -0.583. The molecule has 0 aliphatic carbocycles. The maximum absolute atomic E-state index is 12.6. The molecule has 6 rings (SSSR count). The van der Waals surface area contributed by atoms with Crippen molar-refractivity contribution in [1.29, 1.82) is 0 Å². The average molecular weight is 727 g/mol. The number of nitrogens with zero attached hydrogens (tertiary/aromatic N) is 1. The van der Waals surface area contributed by atoms with Crippen molar-refractivity contribution in [2.45, 2.75) is 76.8 Å². The fraction of sp³-hybridized carbons (Fsp3) is 0.289. The highest BCUT2D eigenvalue weighted by Crippen LogP contribution is 2.38. The van der Waals surface area contributed by atoms with E-state index in [2.05, 4.69) is 64.1 Å². The number of carbonyl (C=O) groups excluding carboxylic acids is 2. The van der Waals surface area contributed by atoms with Crippen LogP contribution in [-0.2, 0) is 45.3 Å². The largest absolute Gasteiger partial charge is 0.397 e. The number of hydrogen-bond donors (Lipinski definition) is 4. The van der Waals surface area contributed by atoms with E-state index >= 15 is 0 Å². The van der Waals surface area contributed by atoms with Crippen molar-refractivity contribution in [3.8, 4) is 0 Å². The molecular formula is C45H50N4O5. The number of nitrogens with two attached hydrogens (primary N) is 1. The zero-order valence-corrected chi connectivity index (χ0v) is 30.6. The van der Waals surface area contributed by atoms with Gasteiger partial charge in [0.2, 0.25) is 11.8 Å². The molecule has 0 aromatic heterocycles. The molecule has 5 aromatic carbocycles. The van der Waals surface area contributed by atoms with Crippen LogP contribution in [0.1, 0.15) is 77.9 Å². The Morgan fingerprint density at radius 1 is 0.667 bits per heavy atom. The lowest BCUT2D eigenvalue weighted by Gasteiger charge is -2.38. The highest BCUT2D eigenvalue weighted by molar-refractivity contribution is 5.93. The molecule has 9 heteroatoms. The monoisotopic (exact) mass is 726 g/mol. The molecule has 54 heavy (non-hydrogen) atoms. The first-order valence-corrected chi connectivity index (χ1v) is 18.7. The van der Waals surface area contributed by atoms with Crippen LogP contribution in [0.2, 0.25) is 0 Å². The van der Waals surface area contributed by atoms with Gasteiger partial charge in [0.25, 0.3) is 0 Å². The molecular weight excluding hydrogens is 677 g/mol. The minimum Gasteiger partial charge on any atom is -0.397 e. The molecule has 5 aromatic rings. The number of anilines is 2. The lowest BCUT2D eigenvalue weighted by molar-refractivity contribution is -0.253. The summed E-state index contributed by atoms with van der Waals surface area (Å²) in [5.41, 5.74) is 13.3. The molecule has 1 heterocycles. The molecule has 1 fully saturated rings. The van der Waals surface area contributed by atoms with Crippen molar-refractivity contribution < 1.29 is 24.2 Å². The van der Waals surface area contributed by atoms with Gasteiger partial charge in [-0.25, -0.2) is 0 Å². The van der Waals surface area contributed by atoms with E-state index in [9.17, 15) is 14.7 Å². The number of hydrogen-bond acceptors (Lipinski definition) is 7. The summed E-state index contributed by atoms with van der Waals surface area (Å²) in [6, 6.07) is 44.1. The third kappa shape index (κ3) is 11.6. The number of carbonyl (C=O) groups is 2. The van der Waals surface area contributed by atoms with Crippen molar-refractivity contribution >= 4 is 23.2 Å². The average Bonchev–Trinajstić information content (AvgIpc) is 3.20. The number of aliphatic hydroxyl groups is 1. The Morgan fingerprint density at radius 2 is 1.24 bits per heavy atom.